The number of carbonyl (C=O) groups excluding carboxylic acids is 1. The number of nitrogens with zero attached hydrogens (tertiary/aromatic N) is 2. The highest BCUT2D eigenvalue weighted by atomic mass is 35.5. The van der Waals surface area contributed by atoms with Crippen LogP contribution in [-0.4, -0.2) is 28.7 Å². The van der Waals surface area contributed by atoms with Gasteiger partial charge in [-0.2, -0.15) is 5.10 Å². The summed E-state index contributed by atoms with van der Waals surface area (Å²) in [6.45, 7) is 2.00. The zero-order valence-corrected chi connectivity index (χ0v) is 10.1. The molecule has 2 heterocycles. The Balaban J connectivity index is 2.02. The maximum absolute atomic E-state index is 12.0. The van der Waals surface area contributed by atoms with E-state index in [4.69, 9.17) is 11.6 Å². The molecule has 0 radical (unpaired) electrons. The van der Waals surface area contributed by atoms with Crippen LogP contribution in [0.4, 0.5) is 0 Å². The Kier molecular flexibility index (Phi) is 3.61. The molecule has 1 saturated heterocycles. The molecule has 1 fully saturated rings. The van der Waals surface area contributed by atoms with Crippen LogP contribution < -0.4 is 5.32 Å². The number of aromatic nitrogens is 2. The van der Waals surface area contributed by atoms with Crippen LogP contribution in [0.3, 0.4) is 0 Å². The van der Waals surface area contributed by atoms with Gasteiger partial charge in [-0.25, -0.2) is 0 Å². The van der Waals surface area contributed by atoms with Gasteiger partial charge in [0.1, 0.15) is 5.69 Å². The summed E-state index contributed by atoms with van der Waals surface area (Å²) in [4.78, 5) is 12.0. The lowest BCUT2D eigenvalue weighted by atomic mass is 9.93. The number of carbonyl (C=O) groups is 1. The van der Waals surface area contributed by atoms with E-state index in [0.717, 1.165) is 25.9 Å². The van der Waals surface area contributed by atoms with Crippen LogP contribution in [0.1, 0.15) is 29.8 Å². The number of aryl methyl sites for hydroxylation is 1. The number of ketones is 1. The maximum atomic E-state index is 12.0. The van der Waals surface area contributed by atoms with E-state index in [-0.39, 0.29) is 5.78 Å². The summed E-state index contributed by atoms with van der Waals surface area (Å²) < 4.78 is 1.56. The van der Waals surface area contributed by atoms with Crippen molar-refractivity contribution in [1.82, 2.24) is 15.1 Å². The zero-order chi connectivity index (χ0) is 11.5. The van der Waals surface area contributed by atoms with Gasteiger partial charge in [0.05, 0.1) is 11.2 Å². The molecule has 0 amide bonds. The number of hydrogen-bond donors (Lipinski definition) is 1. The first kappa shape index (κ1) is 11.6. The normalized spacial score (nSPS) is 21.0. The minimum Gasteiger partial charge on any atom is -0.316 e. The van der Waals surface area contributed by atoms with Crippen molar-refractivity contribution < 1.29 is 4.79 Å². The SMILES string of the molecule is Cn1ncc(Cl)c1C(=O)CC1CCCNC1. The Morgan fingerprint density at radius 3 is 3.12 bits per heavy atom. The molecular formula is C11H16ClN3O. The van der Waals surface area contributed by atoms with E-state index in [2.05, 4.69) is 10.4 Å². The van der Waals surface area contributed by atoms with Crippen molar-refractivity contribution in [2.75, 3.05) is 13.1 Å². The van der Waals surface area contributed by atoms with Crippen LogP contribution in [0.25, 0.3) is 0 Å². The maximum Gasteiger partial charge on any atom is 0.182 e. The third-order valence-electron chi connectivity index (χ3n) is 3.03. The molecule has 0 saturated carbocycles. The highest BCUT2D eigenvalue weighted by molar-refractivity contribution is 6.33. The van der Waals surface area contributed by atoms with E-state index < -0.39 is 0 Å². The van der Waals surface area contributed by atoms with Crippen LogP contribution in [0.2, 0.25) is 5.02 Å². The van der Waals surface area contributed by atoms with Crippen LogP contribution in [-0.2, 0) is 7.05 Å². The highest BCUT2D eigenvalue weighted by Gasteiger charge is 2.21. The smallest absolute Gasteiger partial charge is 0.182 e. The first-order valence-electron chi connectivity index (χ1n) is 5.60. The van der Waals surface area contributed by atoms with E-state index >= 15 is 0 Å². The molecule has 0 aromatic carbocycles. The van der Waals surface area contributed by atoms with Gasteiger partial charge in [-0.15, -0.1) is 0 Å². The molecule has 1 aliphatic rings. The lowest BCUT2D eigenvalue weighted by Crippen LogP contribution is -2.31. The Hall–Kier alpha value is -0.870. The van der Waals surface area contributed by atoms with E-state index in [0.29, 0.717) is 23.1 Å². The third kappa shape index (κ3) is 2.44. The fourth-order valence-corrected chi connectivity index (χ4v) is 2.45. The summed E-state index contributed by atoms with van der Waals surface area (Å²) in [5.74, 6) is 0.533. The topological polar surface area (TPSA) is 46.9 Å². The van der Waals surface area contributed by atoms with E-state index in [1.807, 2.05) is 0 Å². The minimum absolute atomic E-state index is 0.0960. The van der Waals surface area contributed by atoms with Crippen LogP contribution in [0.15, 0.2) is 6.20 Å². The van der Waals surface area contributed by atoms with Gasteiger partial charge >= 0.3 is 0 Å². The average molecular weight is 242 g/mol. The lowest BCUT2D eigenvalue weighted by Gasteiger charge is -2.21. The summed E-state index contributed by atoms with van der Waals surface area (Å²) in [5, 5.41) is 7.74. The molecule has 88 valence electrons. The second kappa shape index (κ2) is 4.97. The van der Waals surface area contributed by atoms with Crippen molar-refractivity contribution in [3.63, 3.8) is 0 Å². The second-order valence-electron chi connectivity index (χ2n) is 4.30. The van der Waals surface area contributed by atoms with Crippen molar-refractivity contribution in [3.05, 3.63) is 16.9 Å². The quantitative estimate of drug-likeness (QED) is 0.819. The number of hydrogen-bond acceptors (Lipinski definition) is 3. The molecule has 1 aliphatic heterocycles. The molecule has 2 rings (SSSR count). The molecule has 0 aliphatic carbocycles. The summed E-state index contributed by atoms with van der Waals surface area (Å²) >= 11 is 5.94. The Morgan fingerprint density at radius 2 is 2.56 bits per heavy atom. The van der Waals surface area contributed by atoms with Gasteiger partial charge in [0.15, 0.2) is 5.78 Å². The van der Waals surface area contributed by atoms with Crippen molar-refractivity contribution in [1.29, 1.82) is 0 Å². The number of nitrogens with one attached hydrogen (secondary N) is 1. The fourth-order valence-electron chi connectivity index (χ4n) is 2.18. The van der Waals surface area contributed by atoms with Crippen molar-refractivity contribution in [3.8, 4) is 0 Å². The van der Waals surface area contributed by atoms with Gasteiger partial charge in [-0.3, -0.25) is 9.48 Å². The largest absolute Gasteiger partial charge is 0.316 e. The molecule has 1 atom stereocenters. The Morgan fingerprint density at radius 1 is 1.75 bits per heavy atom. The summed E-state index contributed by atoms with van der Waals surface area (Å²) in [7, 11) is 1.75. The van der Waals surface area contributed by atoms with Crippen molar-refractivity contribution in [2.45, 2.75) is 19.3 Å². The Labute approximate surface area is 100.0 Å². The van der Waals surface area contributed by atoms with Gasteiger partial charge in [-0.05, 0) is 31.8 Å². The first-order chi connectivity index (χ1) is 7.68. The standard InChI is InChI=1S/C11H16ClN3O/c1-15-11(9(12)7-14-15)10(16)5-8-3-2-4-13-6-8/h7-8,13H,2-6H2,1H3. The summed E-state index contributed by atoms with van der Waals surface area (Å²) in [6, 6.07) is 0. The monoisotopic (exact) mass is 241 g/mol. The fraction of sp³-hybridized carbons (Fsp3) is 0.636. The second-order valence-corrected chi connectivity index (χ2v) is 4.71. The van der Waals surface area contributed by atoms with Gasteiger partial charge in [0, 0.05) is 13.5 Å². The van der Waals surface area contributed by atoms with Gasteiger partial charge in [-0.1, -0.05) is 11.6 Å². The third-order valence-corrected chi connectivity index (χ3v) is 3.31. The number of piperidine rings is 1. The number of rotatable bonds is 3. The van der Waals surface area contributed by atoms with E-state index in [9.17, 15) is 4.79 Å². The predicted octanol–water partition coefficient (Wildman–Crippen LogP) is 1.65. The van der Waals surface area contributed by atoms with Crippen LogP contribution in [0, 0.1) is 5.92 Å². The average Bonchev–Trinajstić information content (AvgIpc) is 2.60. The van der Waals surface area contributed by atoms with Gasteiger partial charge in [0.25, 0.3) is 0 Å². The predicted molar refractivity (Wildman–Crippen MR) is 62.8 cm³/mol. The van der Waals surface area contributed by atoms with Crippen molar-refractivity contribution >= 4 is 17.4 Å². The summed E-state index contributed by atoms with van der Waals surface area (Å²) in [6.07, 6.45) is 4.35. The molecule has 0 spiro atoms. The minimum atomic E-state index is 0.0960. The Bertz CT molecular complexity index is 363. The zero-order valence-electron chi connectivity index (χ0n) is 9.37. The number of Topliss-reactive ketones (excluding diaryl/α,β-unsaturated/α-hetero) is 1. The van der Waals surface area contributed by atoms with E-state index in [1.54, 1.807) is 11.7 Å². The first-order valence-corrected chi connectivity index (χ1v) is 5.97. The molecule has 0 bridgehead atoms. The molecule has 16 heavy (non-hydrogen) atoms. The molecule has 5 heteroatoms. The van der Waals surface area contributed by atoms with E-state index in [1.165, 1.54) is 6.20 Å². The van der Waals surface area contributed by atoms with Crippen LogP contribution >= 0.6 is 11.6 Å². The van der Waals surface area contributed by atoms with Crippen molar-refractivity contribution in [2.24, 2.45) is 13.0 Å². The van der Waals surface area contributed by atoms with Gasteiger partial charge < -0.3 is 5.32 Å². The summed E-state index contributed by atoms with van der Waals surface area (Å²) in [5.41, 5.74) is 0.534. The molecule has 1 aromatic rings. The molecule has 1 N–H and O–H groups in total. The molecular weight excluding hydrogens is 226 g/mol. The molecule has 4 nitrogen and oxygen atoms in total. The lowest BCUT2D eigenvalue weighted by molar-refractivity contribution is 0.0944. The number of halogens is 1. The molecule has 1 aromatic heterocycles. The van der Waals surface area contributed by atoms with Gasteiger partial charge in [0.2, 0.25) is 0 Å². The van der Waals surface area contributed by atoms with Crippen LogP contribution in [0.5, 0.6) is 0 Å². The highest BCUT2D eigenvalue weighted by Crippen LogP contribution is 2.21. The molecule has 1 unspecified atom stereocenters.